The minimum absolute atomic E-state index is 0.751. The summed E-state index contributed by atoms with van der Waals surface area (Å²) >= 11 is 0. The minimum atomic E-state index is -0.791. The van der Waals surface area contributed by atoms with Gasteiger partial charge >= 0.3 is 0 Å². The molecule has 240 valence electrons. The number of rotatable bonds is 12. The second-order valence-electron chi connectivity index (χ2n) is 14.2. The van der Waals surface area contributed by atoms with Crippen LogP contribution in [0.5, 0.6) is 11.5 Å². The Balaban J connectivity index is 0.000000236. The molecule has 2 aromatic carbocycles. The summed E-state index contributed by atoms with van der Waals surface area (Å²) in [4.78, 5) is 5.16. The Bertz CT molecular complexity index is 1060. The molecule has 4 rings (SSSR count). The molecular weight excluding hydrogens is 532 g/mol. The van der Waals surface area contributed by atoms with Gasteiger partial charge in [0.1, 0.15) is 11.5 Å². The summed E-state index contributed by atoms with van der Waals surface area (Å²) in [5.41, 5.74) is 2.39. The monoisotopic (exact) mass is 592 g/mol. The first kappa shape index (κ1) is 35.1. The summed E-state index contributed by atoms with van der Waals surface area (Å²) in [6, 6.07) is 16.0. The number of likely N-dealkylation sites (tertiary alicyclic amines) is 2. The highest BCUT2D eigenvalue weighted by atomic mass is 16.5. The molecule has 2 aromatic rings. The zero-order valence-corrected chi connectivity index (χ0v) is 28.3. The van der Waals surface area contributed by atoms with Gasteiger partial charge in [0.15, 0.2) is 0 Å². The van der Waals surface area contributed by atoms with Gasteiger partial charge in [0.05, 0.1) is 18.8 Å². The van der Waals surface area contributed by atoms with E-state index < -0.39 is 5.60 Å². The van der Waals surface area contributed by atoms with Gasteiger partial charge in [-0.1, -0.05) is 64.1 Å². The van der Waals surface area contributed by atoms with Crippen LogP contribution >= 0.6 is 0 Å². The molecule has 0 saturated carbocycles. The van der Waals surface area contributed by atoms with Gasteiger partial charge in [-0.15, -0.1) is 0 Å². The molecule has 2 aliphatic rings. The van der Waals surface area contributed by atoms with Crippen molar-refractivity contribution in [3.8, 4) is 11.5 Å². The molecule has 5 nitrogen and oxygen atoms in total. The summed E-state index contributed by atoms with van der Waals surface area (Å²) in [5, 5.41) is 9.93. The molecule has 0 bridgehead atoms. The highest BCUT2D eigenvalue weighted by Crippen LogP contribution is 2.24. The van der Waals surface area contributed by atoms with Crippen LogP contribution in [0.2, 0.25) is 0 Å². The van der Waals surface area contributed by atoms with Crippen LogP contribution in [0, 0.1) is 23.7 Å². The average Bonchev–Trinajstić information content (AvgIpc) is 2.93. The third kappa shape index (κ3) is 13.0. The topological polar surface area (TPSA) is 45.2 Å². The number of piperidine rings is 2. The van der Waals surface area contributed by atoms with Crippen molar-refractivity contribution in [1.29, 1.82) is 0 Å². The van der Waals surface area contributed by atoms with Crippen molar-refractivity contribution in [2.45, 2.75) is 79.8 Å². The van der Waals surface area contributed by atoms with Gasteiger partial charge in [-0.05, 0) is 106 Å². The van der Waals surface area contributed by atoms with Crippen molar-refractivity contribution in [3.63, 3.8) is 0 Å². The predicted molar refractivity (Wildman–Crippen MR) is 182 cm³/mol. The first-order valence-corrected chi connectivity index (χ1v) is 16.7. The number of aliphatic hydroxyl groups is 1. The van der Waals surface area contributed by atoms with Crippen LogP contribution in [0.1, 0.15) is 85.3 Å². The Hall–Kier alpha value is -2.34. The van der Waals surface area contributed by atoms with Crippen LogP contribution in [0.25, 0.3) is 5.57 Å². The molecule has 0 aromatic heterocycles. The van der Waals surface area contributed by atoms with Crippen LogP contribution in [-0.2, 0) is 5.60 Å². The van der Waals surface area contributed by atoms with Gasteiger partial charge < -0.3 is 24.4 Å². The molecule has 4 atom stereocenters. The van der Waals surface area contributed by atoms with E-state index in [9.17, 15) is 5.11 Å². The Morgan fingerprint density at radius 2 is 1.09 bits per heavy atom. The number of hydrogen-bond donors (Lipinski definition) is 1. The third-order valence-corrected chi connectivity index (χ3v) is 8.57. The summed E-state index contributed by atoms with van der Waals surface area (Å²) in [7, 11) is 0. The smallest absolute Gasteiger partial charge is 0.119 e. The maximum Gasteiger partial charge on any atom is 0.119 e. The first-order valence-electron chi connectivity index (χ1n) is 16.7. The number of hydrogen-bond acceptors (Lipinski definition) is 5. The number of nitrogens with zero attached hydrogens (tertiary/aromatic N) is 2. The van der Waals surface area contributed by atoms with Crippen molar-refractivity contribution in [3.05, 3.63) is 66.2 Å². The number of benzene rings is 2. The van der Waals surface area contributed by atoms with Crippen molar-refractivity contribution in [2.24, 2.45) is 23.7 Å². The normalized spacial score (nSPS) is 23.3. The standard InChI is InChI=1S/C19H31NO2.C19H29NO/c1-15-12-16(2)14-20(13-15)10-5-11-22-18-8-6-17(7-9-18)19(3,4)21;1-15(2)18-6-8-19(9-7-18)21-11-5-10-20-13-16(3)12-17(4)14-20/h6-9,15-16,21H,5,10-14H2,1-4H3;6-9,16-17H,1,5,10-14H2,2-4H3/t15-,16-;16-,17-/m00/s1. The lowest BCUT2D eigenvalue weighted by atomic mass is 9.92. The molecule has 2 heterocycles. The third-order valence-electron chi connectivity index (χ3n) is 8.57. The van der Waals surface area contributed by atoms with Gasteiger partial charge in [0.2, 0.25) is 0 Å². The van der Waals surface area contributed by atoms with E-state index in [-0.39, 0.29) is 0 Å². The van der Waals surface area contributed by atoms with Crippen LogP contribution < -0.4 is 9.47 Å². The maximum atomic E-state index is 9.93. The van der Waals surface area contributed by atoms with E-state index in [4.69, 9.17) is 9.47 Å². The van der Waals surface area contributed by atoms with Crippen molar-refractivity contribution < 1.29 is 14.6 Å². The van der Waals surface area contributed by atoms with E-state index in [1.165, 1.54) is 44.6 Å². The fraction of sp³-hybridized carbons (Fsp3) is 0.632. The lowest BCUT2D eigenvalue weighted by molar-refractivity contribution is 0.0785. The summed E-state index contributed by atoms with van der Waals surface area (Å²) in [6.45, 7) is 27.8. The molecular formula is C38H60N2O3. The molecule has 0 spiro atoms. The van der Waals surface area contributed by atoms with E-state index in [1.54, 1.807) is 13.8 Å². The van der Waals surface area contributed by atoms with E-state index in [1.807, 2.05) is 43.3 Å². The van der Waals surface area contributed by atoms with Crippen molar-refractivity contribution >= 4 is 5.57 Å². The molecule has 0 radical (unpaired) electrons. The van der Waals surface area contributed by atoms with Crippen LogP contribution in [0.15, 0.2) is 55.1 Å². The molecule has 2 fully saturated rings. The van der Waals surface area contributed by atoms with Gasteiger partial charge in [-0.3, -0.25) is 0 Å². The van der Waals surface area contributed by atoms with Gasteiger partial charge in [-0.25, -0.2) is 0 Å². The second kappa shape index (κ2) is 17.2. The predicted octanol–water partition coefficient (Wildman–Crippen LogP) is 8.13. The Morgan fingerprint density at radius 3 is 1.44 bits per heavy atom. The molecule has 1 N–H and O–H groups in total. The zero-order chi connectivity index (χ0) is 31.4. The van der Waals surface area contributed by atoms with Crippen LogP contribution in [-0.4, -0.2) is 67.4 Å². The van der Waals surface area contributed by atoms with E-state index >= 15 is 0 Å². The first-order chi connectivity index (χ1) is 20.4. The Kier molecular flexibility index (Phi) is 14.1. The Morgan fingerprint density at radius 1 is 0.721 bits per heavy atom. The molecule has 0 aliphatic carbocycles. The largest absolute Gasteiger partial charge is 0.494 e. The Labute approximate surface area is 263 Å². The fourth-order valence-electron chi connectivity index (χ4n) is 6.70. The highest BCUT2D eigenvalue weighted by Gasteiger charge is 2.22. The van der Waals surface area contributed by atoms with Gasteiger partial charge in [0.25, 0.3) is 0 Å². The van der Waals surface area contributed by atoms with Crippen LogP contribution in [0.4, 0.5) is 0 Å². The fourth-order valence-corrected chi connectivity index (χ4v) is 6.70. The lowest BCUT2D eigenvalue weighted by Crippen LogP contribution is -2.39. The van der Waals surface area contributed by atoms with Gasteiger partial charge in [-0.2, -0.15) is 0 Å². The van der Waals surface area contributed by atoms with E-state index in [2.05, 4.69) is 56.2 Å². The molecule has 2 aliphatic heterocycles. The maximum absolute atomic E-state index is 9.93. The average molecular weight is 593 g/mol. The molecule has 5 heteroatoms. The quantitative estimate of drug-likeness (QED) is 0.252. The van der Waals surface area contributed by atoms with E-state index in [0.29, 0.717) is 0 Å². The summed E-state index contributed by atoms with van der Waals surface area (Å²) in [5.74, 6) is 5.15. The second-order valence-corrected chi connectivity index (χ2v) is 14.2. The molecule has 43 heavy (non-hydrogen) atoms. The SMILES string of the molecule is C=C(C)c1ccc(OCCCN2C[C@@H](C)C[C@H](C)C2)cc1.C[C@H]1C[C@H](C)CN(CCCOc2ccc(C(C)(C)O)cc2)C1. The van der Waals surface area contributed by atoms with Crippen molar-refractivity contribution in [1.82, 2.24) is 9.80 Å². The summed E-state index contributed by atoms with van der Waals surface area (Å²) in [6.07, 6.45) is 4.90. The summed E-state index contributed by atoms with van der Waals surface area (Å²) < 4.78 is 11.6. The van der Waals surface area contributed by atoms with E-state index in [0.717, 1.165) is 85.5 Å². The van der Waals surface area contributed by atoms with Crippen molar-refractivity contribution in [2.75, 3.05) is 52.5 Å². The van der Waals surface area contributed by atoms with Gasteiger partial charge in [0, 0.05) is 39.3 Å². The zero-order valence-electron chi connectivity index (χ0n) is 28.3. The number of allylic oxidation sites excluding steroid dienone is 1. The van der Waals surface area contributed by atoms with Crippen LogP contribution in [0.3, 0.4) is 0 Å². The highest BCUT2D eigenvalue weighted by molar-refractivity contribution is 5.61. The molecule has 0 amide bonds. The lowest BCUT2D eigenvalue weighted by Gasteiger charge is -2.34. The molecule has 2 saturated heterocycles. The molecule has 0 unspecified atom stereocenters. The minimum Gasteiger partial charge on any atom is -0.494 e. The number of ether oxygens (including phenoxy) is 2.